The summed E-state index contributed by atoms with van der Waals surface area (Å²) in [6.45, 7) is 6.99. The van der Waals surface area contributed by atoms with Gasteiger partial charge >= 0.3 is 6.03 Å². The number of anilines is 2. The smallest absolute Gasteiger partial charge is 0.326 e. The summed E-state index contributed by atoms with van der Waals surface area (Å²) in [5, 5.41) is 5.27. The van der Waals surface area contributed by atoms with Crippen molar-refractivity contribution in [3.63, 3.8) is 0 Å². The molecule has 1 heterocycles. The topological polar surface area (TPSA) is 94.6 Å². The summed E-state index contributed by atoms with van der Waals surface area (Å²) in [5.74, 6) is 1.69. The van der Waals surface area contributed by atoms with E-state index in [9.17, 15) is 4.79 Å². The van der Waals surface area contributed by atoms with Gasteiger partial charge in [-0.15, -0.1) is 0 Å². The first-order valence-corrected chi connectivity index (χ1v) is 8.98. The van der Waals surface area contributed by atoms with Gasteiger partial charge in [0.2, 0.25) is 11.7 Å². The minimum absolute atomic E-state index is 0.187. The summed E-state index contributed by atoms with van der Waals surface area (Å²) in [6.07, 6.45) is 3.08. The lowest BCUT2D eigenvalue weighted by Gasteiger charge is -2.17. The van der Waals surface area contributed by atoms with Gasteiger partial charge in [0, 0.05) is 24.5 Å². The van der Waals surface area contributed by atoms with Crippen LogP contribution in [0.25, 0.3) is 0 Å². The molecule has 1 aromatic carbocycles. The van der Waals surface area contributed by atoms with E-state index in [2.05, 4.69) is 36.5 Å². The number of benzene rings is 1. The monoisotopic (exact) mass is 424 g/mol. The average Bonchev–Trinajstić information content (AvgIpc) is 2.60. The summed E-state index contributed by atoms with van der Waals surface area (Å²) < 4.78 is 17.6. The van der Waals surface area contributed by atoms with Crippen molar-refractivity contribution in [2.45, 2.75) is 20.8 Å². The normalized spacial score (nSPS) is 10.2. The van der Waals surface area contributed by atoms with Crippen molar-refractivity contribution in [1.29, 1.82) is 0 Å². The Morgan fingerprint density at radius 3 is 2.00 bits per heavy atom. The molecule has 26 heavy (non-hydrogen) atoms. The summed E-state index contributed by atoms with van der Waals surface area (Å²) in [6, 6.07) is 2.87. The van der Waals surface area contributed by atoms with Crippen LogP contribution >= 0.6 is 15.9 Å². The largest absolute Gasteiger partial charge is 0.490 e. The fraction of sp³-hybridized carbons (Fsp3) is 0.353. The second kappa shape index (κ2) is 9.81. The third-order valence-electron chi connectivity index (χ3n) is 3.01. The molecule has 0 saturated heterocycles. The quantitative estimate of drug-likeness (QED) is 0.662. The van der Waals surface area contributed by atoms with Crippen LogP contribution in [0.4, 0.5) is 16.4 Å². The summed E-state index contributed by atoms with van der Waals surface area (Å²) >= 11 is 3.24. The molecule has 8 nitrogen and oxygen atoms in total. The predicted octanol–water partition coefficient (Wildman–Crippen LogP) is 4.08. The standard InChI is InChI=1S/C17H21BrN4O4/c1-4-24-13-7-12(8-14(25-5-2)15(13)26-6-3)21-17(23)22-16-19-9-11(18)10-20-16/h7-10H,4-6H2,1-3H3,(H2,19,20,21,22,23). The van der Waals surface area contributed by atoms with Gasteiger partial charge in [0.15, 0.2) is 11.5 Å². The van der Waals surface area contributed by atoms with E-state index in [1.165, 1.54) is 0 Å². The van der Waals surface area contributed by atoms with Crippen molar-refractivity contribution in [2.75, 3.05) is 30.5 Å². The van der Waals surface area contributed by atoms with Crippen LogP contribution in [0.15, 0.2) is 29.0 Å². The highest BCUT2D eigenvalue weighted by molar-refractivity contribution is 9.10. The van der Waals surface area contributed by atoms with E-state index in [-0.39, 0.29) is 5.95 Å². The van der Waals surface area contributed by atoms with E-state index in [0.717, 1.165) is 4.47 Å². The number of hydrogen-bond acceptors (Lipinski definition) is 6. The summed E-state index contributed by atoms with van der Waals surface area (Å²) in [7, 11) is 0. The van der Waals surface area contributed by atoms with E-state index in [4.69, 9.17) is 14.2 Å². The zero-order chi connectivity index (χ0) is 18.9. The molecule has 2 N–H and O–H groups in total. The first-order chi connectivity index (χ1) is 12.6. The Balaban J connectivity index is 2.21. The number of ether oxygens (including phenoxy) is 3. The maximum absolute atomic E-state index is 12.2. The number of hydrogen-bond donors (Lipinski definition) is 2. The Hall–Kier alpha value is -2.55. The molecule has 1 aromatic heterocycles. The molecule has 0 aliphatic rings. The molecule has 0 unspecified atom stereocenters. The molecule has 2 rings (SSSR count). The van der Waals surface area contributed by atoms with Gasteiger partial charge in [-0.3, -0.25) is 5.32 Å². The van der Waals surface area contributed by atoms with Gasteiger partial charge in [-0.1, -0.05) is 0 Å². The second-order valence-electron chi connectivity index (χ2n) is 4.90. The third-order valence-corrected chi connectivity index (χ3v) is 3.42. The van der Waals surface area contributed by atoms with Crippen LogP contribution in [0.2, 0.25) is 0 Å². The highest BCUT2D eigenvalue weighted by atomic mass is 79.9. The number of nitrogens with zero attached hydrogens (tertiary/aromatic N) is 2. The van der Waals surface area contributed by atoms with Crippen LogP contribution in [0, 0.1) is 0 Å². The lowest BCUT2D eigenvalue weighted by molar-refractivity contribution is 0.260. The van der Waals surface area contributed by atoms with Crippen LogP contribution in [-0.2, 0) is 0 Å². The van der Waals surface area contributed by atoms with Crippen LogP contribution < -0.4 is 24.8 Å². The SMILES string of the molecule is CCOc1cc(NC(=O)Nc2ncc(Br)cn2)cc(OCC)c1OCC. The number of amides is 2. The van der Waals surface area contributed by atoms with Gasteiger partial charge in [-0.25, -0.2) is 14.8 Å². The highest BCUT2D eigenvalue weighted by Gasteiger charge is 2.16. The molecule has 0 aliphatic carbocycles. The van der Waals surface area contributed by atoms with Crippen molar-refractivity contribution >= 4 is 33.6 Å². The molecule has 0 spiro atoms. The molecule has 2 amide bonds. The molecule has 0 radical (unpaired) electrons. The lowest BCUT2D eigenvalue weighted by Crippen LogP contribution is -2.21. The van der Waals surface area contributed by atoms with Gasteiger partial charge in [0.25, 0.3) is 0 Å². The van der Waals surface area contributed by atoms with Crippen molar-refractivity contribution < 1.29 is 19.0 Å². The molecule has 0 aliphatic heterocycles. The number of aromatic nitrogens is 2. The predicted molar refractivity (Wildman–Crippen MR) is 102 cm³/mol. The van der Waals surface area contributed by atoms with E-state index >= 15 is 0 Å². The maximum Gasteiger partial charge on any atom is 0.326 e. The fourth-order valence-electron chi connectivity index (χ4n) is 2.10. The molecule has 0 fully saturated rings. The number of carbonyl (C=O) groups is 1. The number of urea groups is 1. The van der Waals surface area contributed by atoms with Crippen molar-refractivity contribution in [2.24, 2.45) is 0 Å². The van der Waals surface area contributed by atoms with Crippen LogP contribution in [-0.4, -0.2) is 35.8 Å². The molecule has 2 aromatic rings. The minimum Gasteiger partial charge on any atom is -0.490 e. The van der Waals surface area contributed by atoms with E-state index in [1.54, 1.807) is 24.5 Å². The molecule has 0 saturated carbocycles. The molecular weight excluding hydrogens is 404 g/mol. The van der Waals surface area contributed by atoms with Gasteiger partial charge in [0.1, 0.15) is 0 Å². The first kappa shape index (κ1) is 19.8. The Morgan fingerprint density at radius 1 is 0.962 bits per heavy atom. The van der Waals surface area contributed by atoms with E-state index in [1.807, 2.05) is 20.8 Å². The number of halogens is 1. The molecule has 0 bridgehead atoms. The van der Waals surface area contributed by atoms with Gasteiger partial charge < -0.3 is 19.5 Å². The number of rotatable bonds is 8. The first-order valence-electron chi connectivity index (χ1n) is 8.19. The Kier molecular flexibility index (Phi) is 7.46. The Morgan fingerprint density at radius 2 is 1.50 bits per heavy atom. The Bertz CT molecular complexity index is 713. The summed E-state index contributed by atoms with van der Waals surface area (Å²) in [4.78, 5) is 20.2. The summed E-state index contributed by atoms with van der Waals surface area (Å²) in [5.41, 5.74) is 0.495. The average molecular weight is 425 g/mol. The Labute approximate surface area is 160 Å². The fourth-order valence-corrected chi connectivity index (χ4v) is 2.31. The molecule has 0 atom stereocenters. The van der Waals surface area contributed by atoms with Gasteiger partial charge in [-0.05, 0) is 36.7 Å². The van der Waals surface area contributed by atoms with Gasteiger partial charge in [0.05, 0.1) is 30.0 Å². The lowest BCUT2D eigenvalue weighted by atomic mass is 10.2. The minimum atomic E-state index is -0.485. The third kappa shape index (κ3) is 5.48. The second-order valence-corrected chi connectivity index (χ2v) is 5.82. The zero-order valence-corrected chi connectivity index (χ0v) is 16.4. The zero-order valence-electron chi connectivity index (χ0n) is 14.8. The van der Waals surface area contributed by atoms with E-state index in [0.29, 0.717) is 42.8 Å². The molecule has 9 heteroatoms. The maximum atomic E-state index is 12.2. The molecular formula is C17H21BrN4O4. The van der Waals surface area contributed by atoms with Crippen LogP contribution in [0.1, 0.15) is 20.8 Å². The van der Waals surface area contributed by atoms with Crippen molar-refractivity contribution in [3.05, 3.63) is 29.0 Å². The molecule has 140 valence electrons. The number of carbonyl (C=O) groups excluding carboxylic acids is 1. The van der Waals surface area contributed by atoms with Crippen LogP contribution in [0.5, 0.6) is 17.2 Å². The number of nitrogens with one attached hydrogen (secondary N) is 2. The van der Waals surface area contributed by atoms with Crippen molar-refractivity contribution in [1.82, 2.24) is 9.97 Å². The van der Waals surface area contributed by atoms with Crippen molar-refractivity contribution in [3.8, 4) is 17.2 Å². The highest BCUT2D eigenvalue weighted by Crippen LogP contribution is 2.40. The van der Waals surface area contributed by atoms with Crippen LogP contribution in [0.3, 0.4) is 0 Å². The van der Waals surface area contributed by atoms with Gasteiger partial charge in [-0.2, -0.15) is 0 Å². The van der Waals surface area contributed by atoms with E-state index < -0.39 is 6.03 Å².